The van der Waals surface area contributed by atoms with Crippen molar-refractivity contribution in [3.05, 3.63) is 47.8 Å². The number of likely N-dealkylation sites (tertiary alicyclic amines) is 1. The maximum atomic E-state index is 13.0. The highest BCUT2D eigenvalue weighted by Crippen LogP contribution is 2.27. The summed E-state index contributed by atoms with van der Waals surface area (Å²) < 4.78 is 27.6. The number of carbonyl (C=O) groups excluding carboxylic acids is 2. The lowest BCUT2D eigenvalue weighted by Gasteiger charge is -2.38. The molecule has 4 heterocycles. The van der Waals surface area contributed by atoms with Gasteiger partial charge >= 0.3 is 0 Å². The molecule has 0 bridgehead atoms. The van der Waals surface area contributed by atoms with E-state index in [0.717, 1.165) is 10.4 Å². The molecule has 1 aliphatic heterocycles. The van der Waals surface area contributed by atoms with Gasteiger partial charge in [-0.1, -0.05) is 0 Å². The Morgan fingerprint density at radius 3 is 2.67 bits per heavy atom. The van der Waals surface area contributed by atoms with E-state index in [4.69, 9.17) is 5.26 Å². The van der Waals surface area contributed by atoms with Crippen LogP contribution >= 0.6 is 0 Å². The number of nitrogens with one attached hydrogen (secondary N) is 2. The van der Waals surface area contributed by atoms with E-state index in [-0.39, 0.29) is 18.2 Å². The molecule has 0 atom stereocenters. The minimum Gasteiger partial charge on any atom is -0.382 e. The molecule has 9 nitrogen and oxygen atoms in total. The molecule has 3 aromatic rings. The Morgan fingerprint density at radius 1 is 1.24 bits per heavy atom. The van der Waals surface area contributed by atoms with Gasteiger partial charge in [-0.05, 0) is 38.1 Å². The van der Waals surface area contributed by atoms with Crippen molar-refractivity contribution in [2.45, 2.75) is 25.8 Å². The summed E-state index contributed by atoms with van der Waals surface area (Å²) in [5, 5.41) is 19.0. The topological polar surface area (TPSA) is 115 Å². The Kier molecular flexibility index (Phi) is 5.68. The first-order chi connectivity index (χ1) is 15.7. The van der Waals surface area contributed by atoms with Crippen molar-refractivity contribution in [3.8, 4) is 17.5 Å². The van der Waals surface area contributed by atoms with E-state index >= 15 is 0 Å². The molecule has 1 aliphatic rings. The minimum atomic E-state index is -2.86. The third-order valence-electron chi connectivity index (χ3n) is 5.08. The van der Waals surface area contributed by atoms with E-state index < -0.39 is 30.8 Å². The molecule has 4 rings (SSSR count). The highest BCUT2D eigenvalue weighted by molar-refractivity contribution is 6.01. The SMILES string of the molecule is CC(C)Nc1cc(-c2ccc3cc(C#N)cnn23)ncc1C(=O)NCC(=O)N1CC(F)(F)C1. The Hall–Kier alpha value is -4.07. The summed E-state index contributed by atoms with van der Waals surface area (Å²) in [6.07, 6.45) is 2.84. The number of halogens is 2. The summed E-state index contributed by atoms with van der Waals surface area (Å²) in [5.41, 5.74) is 3.09. The lowest BCUT2D eigenvalue weighted by atomic mass is 10.1. The second kappa shape index (κ2) is 8.46. The molecular formula is C22H21F2N7O2. The fourth-order valence-corrected chi connectivity index (χ4v) is 3.51. The number of carbonyl (C=O) groups is 2. The van der Waals surface area contributed by atoms with Crippen molar-refractivity contribution in [1.82, 2.24) is 24.8 Å². The molecule has 0 aliphatic carbocycles. The smallest absolute Gasteiger partial charge is 0.282 e. The van der Waals surface area contributed by atoms with Gasteiger partial charge in [0, 0.05) is 12.2 Å². The monoisotopic (exact) mass is 453 g/mol. The zero-order chi connectivity index (χ0) is 23.8. The number of hydrogen-bond donors (Lipinski definition) is 2. The number of fused-ring (bicyclic) bond motifs is 1. The molecule has 0 unspecified atom stereocenters. The van der Waals surface area contributed by atoms with Crippen LogP contribution in [0.25, 0.3) is 16.9 Å². The standard InChI is InChI=1S/C22H21F2N7O2/c1-13(2)29-17-6-18(19-4-3-15-5-14(7-25)8-28-31(15)19)26-9-16(17)21(33)27-10-20(32)30-11-22(23,24)12-30/h3-6,8-9,13H,10-12H2,1-2H3,(H,26,29)(H,27,33). The first kappa shape index (κ1) is 22.1. The molecule has 1 fully saturated rings. The van der Waals surface area contributed by atoms with Gasteiger partial charge in [0.05, 0.1) is 59.5 Å². The van der Waals surface area contributed by atoms with Crippen LogP contribution in [0.5, 0.6) is 0 Å². The van der Waals surface area contributed by atoms with Crippen LogP contribution in [-0.4, -0.2) is 62.9 Å². The summed E-state index contributed by atoms with van der Waals surface area (Å²) in [7, 11) is 0. The second-order valence-corrected chi connectivity index (χ2v) is 8.11. The first-order valence-corrected chi connectivity index (χ1v) is 10.3. The number of anilines is 1. The number of hydrogen-bond acceptors (Lipinski definition) is 6. The summed E-state index contributed by atoms with van der Waals surface area (Å²) in [6, 6.07) is 9.08. The normalized spacial score (nSPS) is 14.6. The molecule has 2 N–H and O–H groups in total. The lowest BCUT2D eigenvalue weighted by molar-refractivity contribution is -0.164. The number of nitriles is 1. The maximum absolute atomic E-state index is 13.0. The van der Waals surface area contributed by atoms with Crippen molar-refractivity contribution in [2.75, 3.05) is 25.0 Å². The van der Waals surface area contributed by atoms with Crippen molar-refractivity contribution in [3.63, 3.8) is 0 Å². The van der Waals surface area contributed by atoms with Gasteiger partial charge in [-0.15, -0.1) is 0 Å². The number of nitrogens with zero attached hydrogens (tertiary/aromatic N) is 5. The molecule has 0 spiro atoms. The fourth-order valence-electron chi connectivity index (χ4n) is 3.51. The average Bonchev–Trinajstić information content (AvgIpc) is 3.18. The Morgan fingerprint density at radius 2 is 2.00 bits per heavy atom. The molecule has 2 amide bonds. The summed E-state index contributed by atoms with van der Waals surface area (Å²) in [5.74, 6) is -3.98. The molecule has 3 aromatic heterocycles. The van der Waals surface area contributed by atoms with Crippen LogP contribution in [0.4, 0.5) is 14.5 Å². The number of rotatable bonds is 6. The molecule has 0 aromatic carbocycles. The minimum absolute atomic E-state index is 0.00266. The van der Waals surface area contributed by atoms with E-state index in [9.17, 15) is 18.4 Å². The molecular weight excluding hydrogens is 432 g/mol. The van der Waals surface area contributed by atoms with Crippen LogP contribution in [-0.2, 0) is 4.79 Å². The Labute approximate surface area is 188 Å². The zero-order valence-corrected chi connectivity index (χ0v) is 18.0. The van der Waals surface area contributed by atoms with Crippen LogP contribution in [0.1, 0.15) is 29.8 Å². The van der Waals surface area contributed by atoms with E-state index in [2.05, 4.69) is 20.7 Å². The van der Waals surface area contributed by atoms with Crippen molar-refractivity contribution in [2.24, 2.45) is 0 Å². The highest BCUT2D eigenvalue weighted by atomic mass is 19.3. The number of alkyl halides is 2. The van der Waals surface area contributed by atoms with Gasteiger partial charge in [0.2, 0.25) is 5.91 Å². The van der Waals surface area contributed by atoms with Gasteiger partial charge in [0.1, 0.15) is 6.07 Å². The molecule has 1 saturated heterocycles. The highest BCUT2D eigenvalue weighted by Gasteiger charge is 2.46. The van der Waals surface area contributed by atoms with Gasteiger partial charge in [-0.3, -0.25) is 14.6 Å². The molecule has 170 valence electrons. The predicted molar refractivity (Wildman–Crippen MR) is 116 cm³/mol. The third-order valence-corrected chi connectivity index (χ3v) is 5.08. The number of aromatic nitrogens is 3. The lowest BCUT2D eigenvalue weighted by Crippen LogP contribution is -2.60. The van der Waals surface area contributed by atoms with Gasteiger partial charge in [-0.2, -0.15) is 10.4 Å². The van der Waals surface area contributed by atoms with Gasteiger partial charge < -0.3 is 15.5 Å². The third kappa shape index (κ3) is 4.59. The van der Waals surface area contributed by atoms with Crippen LogP contribution in [0.3, 0.4) is 0 Å². The molecule has 11 heteroatoms. The fraction of sp³-hybridized carbons (Fsp3) is 0.318. The average molecular weight is 453 g/mol. The van der Waals surface area contributed by atoms with Gasteiger partial charge in [0.25, 0.3) is 11.8 Å². The van der Waals surface area contributed by atoms with E-state index in [0.29, 0.717) is 22.6 Å². The van der Waals surface area contributed by atoms with E-state index in [1.165, 1.54) is 12.4 Å². The Bertz CT molecular complexity index is 1270. The van der Waals surface area contributed by atoms with Crippen LogP contribution < -0.4 is 10.6 Å². The largest absolute Gasteiger partial charge is 0.382 e. The molecule has 0 radical (unpaired) electrons. The molecule has 0 saturated carbocycles. The van der Waals surface area contributed by atoms with Gasteiger partial charge in [-0.25, -0.2) is 13.3 Å². The maximum Gasteiger partial charge on any atom is 0.282 e. The van der Waals surface area contributed by atoms with Crippen molar-refractivity contribution < 1.29 is 18.4 Å². The number of amides is 2. The second-order valence-electron chi connectivity index (χ2n) is 8.11. The first-order valence-electron chi connectivity index (χ1n) is 10.3. The summed E-state index contributed by atoms with van der Waals surface area (Å²) >= 11 is 0. The van der Waals surface area contributed by atoms with Gasteiger partial charge in [0.15, 0.2) is 0 Å². The predicted octanol–water partition coefficient (Wildman–Crippen LogP) is 2.30. The van der Waals surface area contributed by atoms with Crippen LogP contribution in [0.15, 0.2) is 36.7 Å². The van der Waals surface area contributed by atoms with E-state index in [1.54, 1.807) is 16.6 Å². The molecule has 33 heavy (non-hydrogen) atoms. The summed E-state index contributed by atoms with van der Waals surface area (Å²) in [4.78, 5) is 30.1. The van der Waals surface area contributed by atoms with Crippen molar-refractivity contribution >= 4 is 23.0 Å². The van der Waals surface area contributed by atoms with E-state index in [1.807, 2.05) is 32.0 Å². The van der Waals surface area contributed by atoms with Crippen molar-refractivity contribution in [1.29, 1.82) is 5.26 Å². The zero-order valence-electron chi connectivity index (χ0n) is 18.0. The van der Waals surface area contributed by atoms with Crippen LogP contribution in [0.2, 0.25) is 0 Å². The Balaban J connectivity index is 1.56. The quantitative estimate of drug-likeness (QED) is 0.592. The number of pyridine rings is 1. The summed E-state index contributed by atoms with van der Waals surface area (Å²) in [6.45, 7) is 2.17. The van der Waals surface area contributed by atoms with Crippen LogP contribution in [0, 0.1) is 11.3 Å².